The number of rotatable bonds is 27. The molecule has 15 rings (SSSR count). The zero-order chi connectivity index (χ0) is 70.7. The van der Waals surface area contributed by atoms with Crippen LogP contribution in [0.4, 0.5) is 21.5 Å². The van der Waals surface area contributed by atoms with Crippen molar-refractivity contribution in [1.29, 1.82) is 0 Å². The summed E-state index contributed by atoms with van der Waals surface area (Å²) in [6, 6.07) is 59.0. The van der Waals surface area contributed by atoms with Crippen LogP contribution in [0, 0.1) is 36.2 Å². The van der Waals surface area contributed by atoms with E-state index in [1.165, 1.54) is 30.3 Å². The lowest BCUT2D eigenvalue weighted by atomic mass is 10.1. The van der Waals surface area contributed by atoms with Gasteiger partial charge in [-0.1, -0.05) is 103 Å². The molecular formula is C72H70ClFN9O15P3. The molecule has 24 nitrogen and oxygen atoms in total. The molecule has 6 fully saturated rings. The SMILES string of the molecule is CC(OP(=O)(N1CC1)N1CC1)c1ccc([N+](=O)[O-])c(Oc2ccc(-c3ccc(Cl)cc3)cc2)c1.CC(OP(=O)(N1CC1)N1CC1)c1ccc([N+](=O)[O-])c(Oc2ccc(-c3ccc(F)cc3)cc2)c1.C[C@@H](OP(=O)(N1CC1)N1CC1)c1ccc([N+](=O)[O-])c(Oc2ccc(-c3ccccc3)cc2)c1. The average molecular weight is 1450 g/mol. The van der Waals surface area contributed by atoms with Crippen LogP contribution in [0.3, 0.4) is 0 Å². The molecule has 0 amide bonds. The molecule has 0 aromatic heterocycles. The Balaban J connectivity index is 0.000000135. The van der Waals surface area contributed by atoms with Gasteiger partial charge in [-0.15, -0.1) is 0 Å². The van der Waals surface area contributed by atoms with Crippen LogP contribution in [0.5, 0.6) is 34.5 Å². The van der Waals surface area contributed by atoms with Gasteiger partial charge in [-0.05, 0) is 168 Å². The molecule has 522 valence electrons. The third kappa shape index (κ3) is 17.2. The molecule has 0 radical (unpaired) electrons. The third-order valence-electron chi connectivity index (χ3n) is 17.2. The molecule has 29 heteroatoms. The summed E-state index contributed by atoms with van der Waals surface area (Å²) in [4.78, 5) is 33.3. The van der Waals surface area contributed by atoms with E-state index in [-0.39, 0.29) is 40.1 Å². The van der Waals surface area contributed by atoms with Gasteiger partial charge in [0.1, 0.15) is 23.1 Å². The Labute approximate surface area is 587 Å². The van der Waals surface area contributed by atoms with Crippen LogP contribution in [0.2, 0.25) is 5.02 Å². The molecule has 0 N–H and O–H groups in total. The minimum Gasteiger partial charge on any atom is -0.450 e. The normalized spacial score (nSPS) is 16.8. The van der Waals surface area contributed by atoms with Gasteiger partial charge >= 0.3 is 40.1 Å². The molecule has 0 spiro atoms. The van der Waals surface area contributed by atoms with Gasteiger partial charge in [0.25, 0.3) is 0 Å². The molecular weight excluding hydrogens is 1380 g/mol. The number of halogens is 2. The number of hydrogen-bond donors (Lipinski definition) is 0. The van der Waals surface area contributed by atoms with Crippen molar-refractivity contribution in [2.45, 2.75) is 39.1 Å². The minimum atomic E-state index is -3.04. The Bertz CT molecular complexity index is 4420. The Morgan fingerprint density at radius 3 is 0.842 bits per heavy atom. The standard InChI is InChI=1S/C24H23ClN3O5P.C24H23FN3O5P.C24H24N3O5P/c2*1-17(33-34(31,26-12-13-26)27-14-15-27)20-6-11-23(28(29)30)24(16-20)32-22-9-4-19(5-10-22)18-2-7-21(25)8-3-18;1-18(32-33(30,25-13-14-25)26-15-16-26)21-9-12-23(27(28)29)24(17-21)31-22-10-7-20(8-11-22)19-5-3-2-4-6-19/h2*2-11,16-17H,12-15H2,1H3;2-12,17-18H,13-16H2,1H3/t;;18-/m..1/s1. The van der Waals surface area contributed by atoms with E-state index in [0.29, 0.717) is 39.0 Å². The lowest BCUT2D eigenvalue weighted by molar-refractivity contribution is -0.385. The highest BCUT2D eigenvalue weighted by Crippen LogP contribution is 2.65. The first-order valence-corrected chi connectivity index (χ1v) is 37.7. The molecule has 0 aliphatic carbocycles. The lowest BCUT2D eigenvalue weighted by Gasteiger charge is -2.24. The topological polar surface area (TPSA) is 254 Å². The van der Waals surface area contributed by atoms with E-state index in [2.05, 4.69) is 0 Å². The van der Waals surface area contributed by atoms with Crippen molar-refractivity contribution >= 4 is 51.7 Å². The van der Waals surface area contributed by atoms with Crippen molar-refractivity contribution in [3.05, 3.63) is 264 Å². The summed E-state index contributed by atoms with van der Waals surface area (Å²) < 4.78 is 99.9. The van der Waals surface area contributed by atoms with Gasteiger partial charge in [0.05, 0.1) is 33.1 Å². The van der Waals surface area contributed by atoms with E-state index in [1.807, 2.05) is 107 Å². The summed E-state index contributed by atoms with van der Waals surface area (Å²) in [6.45, 7) is 14.4. The zero-order valence-electron chi connectivity index (χ0n) is 55.1. The molecule has 6 aliphatic heterocycles. The summed E-state index contributed by atoms with van der Waals surface area (Å²) in [5.41, 5.74) is 7.24. The van der Waals surface area contributed by atoms with Gasteiger partial charge in [0.15, 0.2) is 0 Å². The smallest absolute Gasteiger partial charge is 0.346 e. The van der Waals surface area contributed by atoms with Crippen molar-refractivity contribution in [3.63, 3.8) is 0 Å². The number of nitro benzene ring substituents is 3. The lowest BCUT2D eigenvalue weighted by Crippen LogP contribution is -2.10. The van der Waals surface area contributed by atoms with Crippen molar-refractivity contribution in [3.8, 4) is 67.9 Å². The summed E-state index contributed by atoms with van der Waals surface area (Å²) in [5.74, 6) is 1.35. The fourth-order valence-corrected chi connectivity index (χ4v) is 18.2. The first kappa shape index (κ1) is 70.6. The maximum atomic E-state index is 13.3. The van der Waals surface area contributed by atoms with Gasteiger partial charge in [-0.25, -0.2) is 32.4 Å². The number of ether oxygens (including phenoxy) is 3. The highest BCUT2D eigenvalue weighted by atomic mass is 35.5. The molecule has 6 saturated heterocycles. The summed E-state index contributed by atoms with van der Waals surface area (Å²) in [7, 11) is -9.09. The summed E-state index contributed by atoms with van der Waals surface area (Å²) in [5, 5.41) is 35.5. The van der Waals surface area contributed by atoms with E-state index in [0.717, 1.165) is 112 Å². The zero-order valence-corrected chi connectivity index (χ0v) is 58.5. The van der Waals surface area contributed by atoms with Crippen molar-refractivity contribution in [1.82, 2.24) is 28.0 Å². The van der Waals surface area contributed by atoms with E-state index in [9.17, 15) is 48.4 Å². The first-order valence-electron chi connectivity index (χ1n) is 32.7. The Kier molecular flexibility index (Phi) is 20.9. The van der Waals surface area contributed by atoms with Crippen LogP contribution in [0.15, 0.2) is 206 Å². The van der Waals surface area contributed by atoms with Gasteiger partial charge in [-0.2, -0.15) is 0 Å². The molecule has 6 heterocycles. The van der Waals surface area contributed by atoms with Crippen molar-refractivity contribution in [2.24, 2.45) is 0 Å². The second kappa shape index (κ2) is 30.0. The van der Waals surface area contributed by atoms with E-state index in [1.54, 1.807) is 118 Å². The highest BCUT2D eigenvalue weighted by Gasteiger charge is 2.52. The molecule has 2 unspecified atom stereocenters. The molecule has 0 bridgehead atoms. The molecule has 101 heavy (non-hydrogen) atoms. The number of hydrogen-bond acceptors (Lipinski definition) is 15. The van der Waals surface area contributed by atoms with Gasteiger partial charge in [0.2, 0.25) is 17.2 Å². The molecule has 6 aliphatic rings. The number of benzene rings is 9. The Morgan fingerprint density at radius 2 is 0.594 bits per heavy atom. The van der Waals surface area contributed by atoms with Gasteiger partial charge in [0, 0.05) is 102 Å². The maximum absolute atomic E-state index is 13.3. The van der Waals surface area contributed by atoms with Crippen LogP contribution >= 0.6 is 34.6 Å². The maximum Gasteiger partial charge on any atom is 0.346 e. The number of nitrogens with zero attached hydrogens (tertiary/aromatic N) is 9. The molecule has 9 aromatic rings. The second-order valence-electron chi connectivity index (χ2n) is 24.6. The monoisotopic (exact) mass is 1450 g/mol. The highest BCUT2D eigenvalue weighted by molar-refractivity contribution is 7.55. The largest absolute Gasteiger partial charge is 0.450 e. The first-order chi connectivity index (χ1) is 48.6. The van der Waals surface area contributed by atoms with E-state index in [4.69, 9.17) is 39.4 Å². The van der Waals surface area contributed by atoms with Crippen molar-refractivity contribution < 1.29 is 60.6 Å². The molecule has 0 saturated carbocycles. The Morgan fingerprint density at radius 1 is 0.356 bits per heavy atom. The van der Waals surface area contributed by atoms with E-state index >= 15 is 0 Å². The van der Waals surface area contributed by atoms with Gasteiger partial charge in [-0.3, -0.25) is 57.6 Å². The third-order valence-corrected chi connectivity index (χ3v) is 25.9. The average Bonchev–Trinajstić information content (AvgIpc) is 1.64. The summed E-state index contributed by atoms with van der Waals surface area (Å²) >= 11 is 5.96. The van der Waals surface area contributed by atoms with Crippen LogP contribution in [0.25, 0.3) is 33.4 Å². The van der Waals surface area contributed by atoms with Gasteiger partial charge < -0.3 is 14.2 Å². The summed E-state index contributed by atoms with van der Waals surface area (Å²) in [6.07, 6.45) is -1.58. The molecule has 3 atom stereocenters. The van der Waals surface area contributed by atoms with Crippen LogP contribution in [0.1, 0.15) is 55.8 Å². The quantitative estimate of drug-likeness (QED) is 0.0201. The molecule has 9 aromatic carbocycles. The predicted octanol–water partition coefficient (Wildman–Crippen LogP) is 18.4. The van der Waals surface area contributed by atoms with Crippen LogP contribution in [-0.2, 0) is 27.3 Å². The van der Waals surface area contributed by atoms with Crippen molar-refractivity contribution in [2.75, 3.05) is 78.5 Å². The van der Waals surface area contributed by atoms with Crippen LogP contribution < -0.4 is 14.2 Å². The number of nitro groups is 3. The fourth-order valence-electron chi connectivity index (χ4n) is 11.0. The minimum absolute atomic E-state index is 0.0702. The predicted molar refractivity (Wildman–Crippen MR) is 381 cm³/mol. The second-order valence-corrected chi connectivity index (χ2v) is 32.1. The Hall–Kier alpha value is -8.87. The fraction of sp³-hybridized carbons (Fsp3) is 0.250. The van der Waals surface area contributed by atoms with Crippen LogP contribution in [-0.4, -0.2) is 121 Å². The van der Waals surface area contributed by atoms with E-state index < -0.39 is 56.1 Å².